The maximum atomic E-state index is 11.4. The summed E-state index contributed by atoms with van der Waals surface area (Å²) in [5.41, 5.74) is 5.58. The van der Waals surface area contributed by atoms with Gasteiger partial charge in [0.1, 0.15) is 0 Å². The number of halogens is 1. The van der Waals surface area contributed by atoms with Gasteiger partial charge in [0.2, 0.25) is 0 Å². The van der Waals surface area contributed by atoms with Crippen LogP contribution in [0.4, 0.5) is 4.79 Å². The molecule has 2 N–H and O–H groups in total. The Morgan fingerprint density at radius 3 is 2.68 bits per heavy atom. The number of nitrogens with two attached hydrogens (primary N) is 1. The number of hydrogen-bond acceptors (Lipinski definition) is 4. The molecule has 1 aromatic rings. The maximum absolute atomic E-state index is 11.4. The average Bonchev–Trinajstić information content (AvgIpc) is 2.82. The molecule has 1 aliphatic heterocycles. The van der Waals surface area contributed by atoms with Gasteiger partial charge in [-0.25, -0.2) is 4.79 Å². The molecule has 118 valence electrons. The Balaban J connectivity index is 2.49. The van der Waals surface area contributed by atoms with E-state index in [2.05, 4.69) is 47.7 Å². The summed E-state index contributed by atoms with van der Waals surface area (Å²) in [5.74, 6) is 0. The fourth-order valence-electron chi connectivity index (χ4n) is 2.91. The van der Waals surface area contributed by atoms with Gasteiger partial charge in [-0.1, -0.05) is 22.0 Å². The summed E-state index contributed by atoms with van der Waals surface area (Å²) in [5, 5.41) is 9.42. The number of nitrogens with zero attached hydrogens (tertiary/aromatic N) is 2. The van der Waals surface area contributed by atoms with Gasteiger partial charge in [-0.3, -0.25) is 4.90 Å². The molecule has 1 aromatic carbocycles. The third kappa shape index (κ3) is 3.26. The lowest BCUT2D eigenvalue weighted by Gasteiger charge is -2.35. The molecule has 22 heavy (non-hydrogen) atoms. The van der Waals surface area contributed by atoms with E-state index in [-0.39, 0.29) is 5.54 Å². The molecule has 0 bridgehead atoms. The molecule has 1 heterocycles. The second-order valence-corrected chi connectivity index (χ2v) is 7.48. The molecule has 0 saturated carbocycles. The van der Waals surface area contributed by atoms with Crippen LogP contribution in [0.1, 0.15) is 38.3 Å². The van der Waals surface area contributed by atoms with Crippen LogP contribution in [0.25, 0.3) is 0 Å². The Morgan fingerprint density at radius 2 is 2.18 bits per heavy atom. The average molecular weight is 366 g/mol. The molecule has 6 heteroatoms. The molecule has 1 aliphatic rings. The van der Waals surface area contributed by atoms with Crippen molar-refractivity contribution in [2.75, 3.05) is 13.1 Å². The lowest BCUT2D eigenvalue weighted by atomic mass is 9.89. The molecule has 1 saturated heterocycles. The SMILES string of the molecule is CC(C)(C)N1CC[C@](OC(N)=O)(c2ccc(Br)cc2C#N)C1. The number of ether oxygens (including phenoxy) is 1. The van der Waals surface area contributed by atoms with Crippen LogP contribution in [0, 0.1) is 11.3 Å². The lowest BCUT2D eigenvalue weighted by Crippen LogP contribution is -2.44. The van der Waals surface area contributed by atoms with Crippen molar-refractivity contribution in [1.29, 1.82) is 5.26 Å². The highest BCUT2D eigenvalue weighted by molar-refractivity contribution is 9.10. The van der Waals surface area contributed by atoms with E-state index in [1.165, 1.54) is 0 Å². The number of carbonyl (C=O) groups is 1. The molecule has 0 unspecified atom stereocenters. The first-order valence-electron chi connectivity index (χ1n) is 7.11. The summed E-state index contributed by atoms with van der Waals surface area (Å²) in [7, 11) is 0. The monoisotopic (exact) mass is 365 g/mol. The topological polar surface area (TPSA) is 79.3 Å². The van der Waals surface area contributed by atoms with E-state index in [9.17, 15) is 10.1 Å². The maximum Gasteiger partial charge on any atom is 0.405 e. The van der Waals surface area contributed by atoms with E-state index in [1.54, 1.807) is 6.07 Å². The summed E-state index contributed by atoms with van der Waals surface area (Å²) in [6, 6.07) is 7.60. The fourth-order valence-corrected chi connectivity index (χ4v) is 3.27. The van der Waals surface area contributed by atoms with Crippen LogP contribution in [-0.2, 0) is 10.3 Å². The Morgan fingerprint density at radius 1 is 1.50 bits per heavy atom. The van der Waals surface area contributed by atoms with E-state index in [0.29, 0.717) is 24.1 Å². The number of benzene rings is 1. The predicted octanol–water partition coefficient (Wildman–Crippen LogP) is 3.12. The molecule has 1 amide bonds. The van der Waals surface area contributed by atoms with Crippen LogP contribution in [0.5, 0.6) is 0 Å². The number of amides is 1. The molecule has 0 radical (unpaired) electrons. The minimum atomic E-state index is -0.870. The Kier molecular flexibility index (Phi) is 4.50. The molecule has 1 fully saturated rings. The van der Waals surface area contributed by atoms with Gasteiger partial charge in [0.25, 0.3) is 0 Å². The minimum Gasteiger partial charge on any atom is -0.437 e. The smallest absolute Gasteiger partial charge is 0.405 e. The third-order valence-corrected chi connectivity index (χ3v) is 4.56. The number of hydrogen-bond donors (Lipinski definition) is 1. The quantitative estimate of drug-likeness (QED) is 0.872. The zero-order valence-corrected chi connectivity index (χ0v) is 14.6. The van der Waals surface area contributed by atoms with Crippen LogP contribution < -0.4 is 5.73 Å². The van der Waals surface area contributed by atoms with Crippen LogP contribution >= 0.6 is 15.9 Å². The molecule has 1 atom stereocenters. The van der Waals surface area contributed by atoms with Gasteiger partial charge >= 0.3 is 6.09 Å². The Labute approximate surface area is 139 Å². The lowest BCUT2D eigenvalue weighted by molar-refractivity contribution is 0.0114. The van der Waals surface area contributed by atoms with Crippen molar-refractivity contribution < 1.29 is 9.53 Å². The summed E-state index contributed by atoms with van der Waals surface area (Å²) in [6.45, 7) is 7.63. The first kappa shape index (κ1) is 16.8. The Hall–Kier alpha value is -1.58. The molecule has 2 rings (SSSR count). The van der Waals surface area contributed by atoms with Crippen LogP contribution in [-0.4, -0.2) is 29.6 Å². The zero-order chi connectivity index (χ0) is 16.5. The number of primary amides is 1. The molecular weight excluding hydrogens is 346 g/mol. The summed E-state index contributed by atoms with van der Waals surface area (Å²) >= 11 is 3.36. The first-order valence-corrected chi connectivity index (χ1v) is 7.91. The summed E-state index contributed by atoms with van der Waals surface area (Å²) < 4.78 is 6.34. The molecule has 0 aliphatic carbocycles. The number of nitriles is 1. The fraction of sp³-hybridized carbons (Fsp3) is 0.500. The van der Waals surface area contributed by atoms with E-state index in [0.717, 1.165) is 11.0 Å². The molecule has 0 aromatic heterocycles. The predicted molar refractivity (Wildman–Crippen MR) is 87.1 cm³/mol. The van der Waals surface area contributed by atoms with Crippen molar-refractivity contribution in [3.05, 3.63) is 33.8 Å². The van der Waals surface area contributed by atoms with Gasteiger partial charge in [0, 0.05) is 35.1 Å². The third-order valence-electron chi connectivity index (χ3n) is 4.07. The highest BCUT2D eigenvalue weighted by atomic mass is 79.9. The molecular formula is C16H20BrN3O2. The largest absolute Gasteiger partial charge is 0.437 e. The van der Waals surface area contributed by atoms with Crippen molar-refractivity contribution in [3.63, 3.8) is 0 Å². The van der Waals surface area contributed by atoms with Crippen molar-refractivity contribution in [2.24, 2.45) is 5.73 Å². The minimum absolute atomic E-state index is 0.0507. The van der Waals surface area contributed by atoms with E-state index in [1.807, 2.05) is 12.1 Å². The summed E-state index contributed by atoms with van der Waals surface area (Å²) in [6.07, 6.45) is -0.202. The molecule has 0 spiro atoms. The van der Waals surface area contributed by atoms with Crippen LogP contribution in [0.2, 0.25) is 0 Å². The van der Waals surface area contributed by atoms with Gasteiger partial charge in [0.15, 0.2) is 5.60 Å². The normalized spacial score (nSPS) is 22.3. The zero-order valence-electron chi connectivity index (χ0n) is 13.0. The first-order chi connectivity index (χ1) is 10.2. The number of likely N-dealkylation sites (tertiary alicyclic amines) is 1. The van der Waals surface area contributed by atoms with Gasteiger partial charge in [-0.05, 0) is 32.9 Å². The van der Waals surface area contributed by atoms with Gasteiger partial charge < -0.3 is 10.5 Å². The number of carbonyl (C=O) groups excluding carboxylic acids is 1. The van der Waals surface area contributed by atoms with Gasteiger partial charge in [0.05, 0.1) is 11.6 Å². The van der Waals surface area contributed by atoms with Crippen molar-refractivity contribution in [1.82, 2.24) is 4.90 Å². The van der Waals surface area contributed by atoms with E-state index >= 15 is 0 Å². The van der Waals surface area contributed by atoms with Crippen molar-refractivity contribution >= 4 is 22.0 Å². The van der Waals surface area contributed by atoms with Crippen molar-refractivity contribution in [2.45, 2.75) is 38.3 Å². The van der Waals surface area contributed by atoms with E-state index in [4.69, 9.17) is 10.5 Å². The standard InChI is InChI=1S/C16H20BrN3O2/c1-15(2,3)20-7-6-16(10-20,22-14(19)21)13-5-4-12(17)8-11(13)9-18/h4-5,8H,6-7,10H2,1-3H3,(H2,19,21)/t16-/m1/s1. The highest BCUT2D eigenvalue weighted by Gasteiger charge is 2.47. The van der Waals surface area contributed by atoms with Gasteiger partial charge in [-0.15, -0.1) is 0 Å². The van der Waals surface area contributed by atoms with E-state index < -0.39 is 11.7 Å². The van der Waals surface area contributed by atoms with Crippen molar-refractivity contribution in [3.8, 4) is 6.07 Å². The highest BCUT2D eigenvalue weighted by Crippen LogP contribution is 2.40. The van der Waals surface area contributed by atoms with Crippen LogP contribution in [0.15, 0.2) is 22.7 Å². The van der Waals surface area contributed by atoms with Crippen LogP contribution in [0.3, 0.4) is 0 Å². The number of rotatable bonds is 2. The second-order valence-electron chi connectivity index (χ2n) is 6.56. The second kappa shape index (κ2) is 5.90. The summed E-state index contributed by atoms with van der Waals surface area (Å²) in [4.78, 5) is 13.7. The molecule has 5 nitrogen and oxygen atoms in total. The Bertz CT molecular complexity index is 633. The van der Waals surface area contributed by atoms with Gasteiger partial charge in [-0.2, -0.15) is 5.26 Å².